The third kappa shape index (κ3) is 32.4. The molecule has 0 fully saturated rings. The number of nitrogens with zero attached hydrogens (tertiary/aromatic N) is 4. The summed E-state index contributed by atoms with van der Waals surface area (Å²) in [6.45, 7) is 16.8. The molecule has 0 N–H and O–H groups in total. The molecule has 0 rings (SSSR count). The Hall–Kier alpha value is -0.130. The first-order valence-electron chi connectivity index (χ1n) is 28.3. The highest BCUT2D eigenvalue weighted by Crippen LogP contribution is 2.62. The van der Waals surface area contributed by atoms with Gasteiger partial charge in [-0.15, -0.1) is 9.58 Å². The van der Waals surface area contributed by atoms with Crippen molar-refractivity contribution in [2.24, 2.45) is 4.91 Å². The molecule has 0 aliphatic carbocycles. The van der Waals surface area contributed by atoms with Crippen molar-refractivity contribution in [2.45, 2.75) is 285 Å². The number of hydrogen-bond acceptors (Lipinski definition) is 7. The maximum absolute atomic E-state index is 7.28. The van der Waals surface area contributed by atoms with Gasteiger partial charge in [-0.05, 0) is 66.7 Å². The summed E-state index contributed by atoms with van der Waals surface area (Å²) >= 11 is 0. The fourth-order valence-corrected chi connectivity index (χ4v) is 11.3. The molecular formula is C54H115N4O6P. The van der Waals surface area contributed by atoms with Crippen LogP contribution in [0.25, 0.3) is 0 Å². The molecule has 0 radical (unpaired) electrons. The second-order valence-electron chi connectivity index (χ2n) is 19.2. The van der Waals surface area contributed by atoms with Crippen LogP contribution in [0.1, 0.15) is 273 Å². The molecule has 0 aromatic carbocycles. The van der Waals surface area contributed by atoms with Gasteiger partial charge in [0.05, 0.1) is 39.6 Å². The normalized spacial score (nSPS) is 12.6. The predicted octanol–water partition coefficient (Wildman–Crippen LogP) is 17.4. The van der Waals surface area contributed by atoms with Crippen LogP contribution in [0, 0.1) is 0 Å². The van der Waals surface area contributed by atoms with E-state index in [1.807, 2.05) is 0 Å². The molecule has 392 valence electrons. The SMILES string of the molecule is CCCCCCCCON=P(N(C)C)(N(C)C)N(C(OCCCCCCCC)OCCCCCCCC)C(OCCCCCCCC)(OCCCCCCCC)OCCCCCCCC. The molecule has 0 amide bonds. The Morgan fingerprint density at radius 2 is 0.585 bits per heavy atom. The predicted molar refractivity (Wildman–Crippen MR) is 281 cm³/mol. The summed E-state index contributed by atoms with van der Waals surface area (Å²) in [7, 11) is 5.36. The lowest BCUT2D eigenvalue weighted by Crippen LogP contribution is -2.61. The smallest absolute Gasteiger partial charge is 0.339 e. The van der Waals surface area contributed by atoms with Gasteiger partial charge in [0.15, 0.2) is 0 Å². The first-order chi connectivity index (χ1) is 31.8. The zero-order chi connectivity index (χ0) is 48.0. The molecule has 0 saturated heterocycles. The fourth-order valence-electron chi connectivity index (χ4n) is 8.31. The average Bonchev–Trinajstić information content (AvgIpc) is 3.29. The average molecular weight is 948 g/mol. The molecule has 0 saturated carbocycles. The highest BCUT2D eigenvalue weighted by Gasteiger charge is 2.56. The first kappa shape index (κ1) is 64.9. The number of rotatable bonds is 53. The second kappa shape index (κ2) is 47.5. The van der Waals surface area contributed by atoms with Crippen LogP contribution >= 0.6 is 7.51 Å². The van der Waals surface area contributed by atoms with Crippen LogP contribution < -0.4 is 0 Å². The van der Waals surface area contributed by atoms with Crippen LogP contribution in [0.3, 0.4) is 0 Å². The molecule has 65 heavy (non-hydrogen) atoms. The van der Waals surface area contributed by atoms with Crippen LogP contribution in [-0.4, -0.2) is 94.4 Å². The van der Waals surface area contributed by atoms with Crippen LogP contribution in [0.4, 0.5) is 0 Å². The number of ether oxygens (including phenoxy) is 5. The number of unbranched alkanes of at least 4 members (excludes halogenated alkanes) is 30. The van der Waals surface area contributed by atoms with E-state index in [2.05, 4.69) is 83.7 Å². The van der Waals surface area contributed by atoms with E-state index < -0.39 is 20.0 Å². The molecule has 0 heterocycles. The largest absolute Gasteiger partial charge is 0.364 e. The van der Waals surface area contributed by atoms with Crippen molar-refractivity contribution in [1.29, 1.82) is 0 Å². The van der Waals surface area contributed by atoms with Crippen LogP contribution in [0.5, 0.6) is 0 Å². The zero-order valence-corrected chi connectivity index (χ0v) is 46.4. The Kier molecular flexibility index (Phi) is 47.4. The van der Waals surface area contributed by atoms with Gasteiger partial charge in [-0.3, -0.25) is 4.84 Å². The molecule has 0 unspecified atom stereocenters. The maximum atomic E-state index is 7.28. The van der Waals surface area contributed by atoms with Crippen LogP contribution in [-0.2, 0) is 28.5 Å². The molecule has 0 atom stereocenters. The Morgan fingerprint density at radius 1 is 0.338 bits per heavy atom. The van der Waals surface area contributed by atoms with Gasteiger partial charge >= 0.3 is 6.10 Å². The number of hydrogen-bond donors (Lipinski definition) is 0. The molecule has 0 bridgehead atoms. The molecule has 0 aromatic heterocycles. The molecular weight excluding hydrogens is 832 g/mol. The van der Waals surface area contributed by atoms with Crippen LogP contribution in [0.2, 0.25) is 0 Å². The lowest BCUT2D eigenvalue weighted by molar-refractivity contribution is -0.460. The summed E-state index contributed by atoms with van der Waals surface area (Å²) in [4.78, 5) is 11.9. The van der Waals surface area contributed by atoms with Gasteiger partial charge in [-0.25, -0.2) is 9.34 Å². The van der Waals surface area contributed by atoms with Gasteiger partial charge in [0, 0.05) is 0 Å². The van der Waals surface area contributed by atoms with Crippen molar-refractivity contribution >= 4 is 7.51 Å². The Balaban J connectivity index is 7.61. The summed E-state index contributed by atoms with van der Waals surface area (Å²) < 4.78 is 42.6. The zero-order valence-electron chi connectivity index (χ0n) is 45.5. The van der Waals surface area contributed by atoms with Crippen molar-refractivity contribution < 1.29 is 28.5 Å². The monoisotopic (exact) mass is 947 g/mol. The first-order valence-corrected chi connectivity index (χ1v) is 29.9. The fraction of sp³-hybridized carbons (Fsp3) is 1.00. The summed E-state index contributed by atoms with van der Waals surface area (Å²) in [6, 6.07) is 0. The van der Waals surface area contributed by atoms with Gasteiger partial charge in [-0.2, -0.15) is 0 Å². The van der Waals surface area contributed by atoms with E-state index in [1.165, 1.54) is 154 Å². The van der Waals surface area contributed by atoms with Crippen LogP contribution in [0.15, 0.2) is 4.91 Å². The van der Waals surface area contributed by atoms with E-state index in [9.17, 15) is 0 Å². The molecule has 11 heteroatoms. The minimum absolute atomic E-state index is 0.497. The topological polar surface area (TPSA) is 77.5 Å². The van der Waals surface area contributed by atoms with Gasteiger partial charge in [0.1, 0.15) is 0 Å². The van der Waals surface area contributed by atoms with Gasteiger partial charge in [0.25, 0.3) is 0 Å². The highest BCUT2D eigenvalue weighted by atomic mass is 31.2. The Morgan fingerprint density at radius 3 is 0.862 bits per heavy atom. The lowest BCUT2D eigenvalue weighted by atomic mass is 10.1. The molecule has 0 spiro atoms. The van der Waals surface area contributed by atoms with Crippen molar-refractivity contribution in [3.8, 4) is 0 Å². The van der Waals surface area contributed by atoms with Gasteiger partial charge in [-0.1, -0.05) is 234 Å². The third-order valence-electron chi connectivity index (χ3n) is 12.5. The van der Waals surface area contributed by atoms with Crippen molar-refractivity contribution in [1.82, 2.24) is 14.0 Å². The molecule has 0 aromatic rings. The van der Waals surface area contributed by atoms with Crippen molar-refractivity contribution in [3.05, 3.63) is 0 Å². The third-order valence-corrected chi connectivity index (χ3v) is 16.0. The summed E-state index contributed by atoms with van der Waals surface area (Å²) in [5.41, 5.74) is 0. The quantitative estimate of drug-likeness (QED) is 0.0256. The summed E-state index contributed by atoms with van der Waals surface area (Å²) in [6.07, 6.45) is 39.7. The molecule has 0 aliphatic heterocycles. The minimum atomic E-state index is -3.07. The van der Waals surface area contributed by atoms with Gasteiger partial charge < -0.3 is 23.7 Å². The minimum Gasteiger partial charge on any atom is -0.339 e. The van der Waals surface area contributed by atoms with Crippen molar-refractivity contribution in [2.75, 3.05) is 67.8 Å². The summed E-state index contributed by atoms with van der Waals surface area (Å²) in [5, 5.41) is 0. The molecule has 0 aliphatic rings. The van der Waals surface area contributed by atoms with E-state index in [1.54, 1.807) is 0 Å². The summed E-state index contributed by atoms with van der Waals surface area (Å²) in [5.74, 6) is 0. The van der Waals surface area contributed by atoms with E-state index in [4.69, 9.17) is 33.4 Å². The van der Waals surface area contributed by atoms with E-state index in [-0.39, 0.29) is 0 Å². The van der Waals surface area contributed by atoms with Gasteiger partial charge in [0.2, 0.25) is 13.9 Å². The van der Waals surface area contributed by atoms with E-state index in [0.29, 0.717) is 39.6 Å². The van der Waals surface area contributed by atoms with Crippen molar-refractivity contribution in [3.63, 3.8) is 0 Å². The second-order valence-corrected chi connectivity index (χ2v) is 22.5. The van der Waals surface area contributed by atoms with E-state index >= 15 is 0 Å². The maximum Gasteiger partial charge on any atom is 0.364 e. The Labute approximate surface area is 406 Å². The Bertz CT molecular complexity index is 948. The van der Waals surface area contributed by atoms with E-state index in [0.717, 1.165) is 77.0 Å². The highest BCUT2D eigenvalue weighted by molar-refractivity contribution is 7.59. The standard InChI is InChI=1S/C54H115N4O6P/c1-11-17-23-29-35-41-47-59-53(60-48-42-36-30-24-18-12-2)58(65(56(7)8,57(9)10)55-64-52-46-40-34-28-22-16-6)54(61-49-43-37-31-25-19-13-3,62-50-44-38-32-26-20-14-4)63-51-45-39-33-27-21-15-5/h53H,11-52H2,1-10H3. The lowest BCUT2D eigenvalue weighted by Gasteiger charge is -2.52. The molecule has 10 nitrogen and oxygen atoms in total.